The number of benzene rings is 3. The number of hydrogen-bond donors (Lipinski definition) is 0. The van der Waals surface area contributed by atoms with E-state index in [-0.39, 0.29) is 16.8 Å². The zero-order valence-electron chi connectivity index (χ0n) is 20.0. The number of rotatable bonds is 7. The molecule has 0 spiro atoms. The van der Waals surface area contributed by atoms with Crippen LogP contribution < -0.4 is 19.1 Å². The van der Waals surface area contributed by atoms with Crippen LogP contribution in [0.25, 0.3) is 0 Å². The minimum absolute atomic E-state index is 0.00246. The lowest BCUT2D eigenvalue weighted by molar-refractivity contribution is -0.384. The molecule has 1 fully saturated rings. The fraction of sp³-hybridized carbons (Fsp3) is 0.192. The lowest BCUT2D eigenvalue weighted by Crippen LogP contribution is -2.67. The predicted octanol–water partition coefficient (Wildman–Crippen LogP) is 3.37. The van der Waals surface area contributed by atoms with Crippen molar-refractivity contribution in [1.29, 1.82) is 0 Å². The molecular weight excluding hydrogens is 482 g/mol. The third-order valence-electron chi connectivity index (χ3n) is 6.56. The fourth-order valence-electron chi connectivity index (χ4n) is 4.75. The molecule has 2 heterocycles. The zero-order chi connectivity index (χ0) is 26.4. The predicted molar refractivity (Wildman–Crippen MR) is 130 cm³/mol. The van der Waals surface area contributed by atoms with Crippen LogP contribution in [0.5, 0.6) is 17.2 Å². The van der Waals surface area contributed by atoms with Crippen molar-refractivity contribution in [2.45, 2.75) is 12.1 Å². The number of carbonyl (C=O) groups excluding carboxylic acids is 3. The molecule has 2 aliphatic heterocycles. The summed E-state index contributed by atoms with van der Waals surface area (Å²) >= 11 is 0. The van der Waals surface area contributed by atoms with E-state index in [9.17, 15) is 24.5 Å². The van der Waals surface area contributed by atoms with Gasteiger partial charge in [0.25, 0.3) is 23.4 Å². The highest BCUT2D eigenvalue weighted by molar-refractivity contribution is 6.25. The largest absolute Gasteiger partial charge is 0.497 e. The summed E-state index contributed by atoms with van der Waals surface area (Å²) in [7, 11) is 4.49. The number of fused-ring (bicyclic) bond motifs is 1. The van der Waals surface area contributed by atoms with Crippen molar-refractivity contribution >= 4 is 29.1 Å². The first-order valence-electron chi connectivity index (χ1n) is 11.2. The molecule has 5 rings (SSSR count). The van der Waals surface area contributed by atoms with Gasteiger partial charge in [-0.3, -0.25) is 29.4 Å². The van der Waals surface area contributed by atoms with Crippen LogP contribution in [0.1, 0.15) is 32.3 Å². The number of imide groups is 1. The monoisotopic (exact) mass is 503 g/mol. The molecule has 0 aliphatic carbocycles. The molecule has 11 nitrogen and oxygen atoms in total. The quantitative estimate of drug-likeness (QED) is 0.208. The molecular formula is C26H21N3O8. The summed E-state index contributed by atoms with van der Waals surface area (Å²) in [4.78, 5) is 53.3. The Labute approximate surface area is 210 Å². The first kappa shape index (κ1) is 23.8. The lowest BCUT2D eigenvalue weighted by atomic mass is 9.85. The van der Waals surface area contributed by atoms with E-state index in [1.807, 2.05) is 0 Å². The zero-order valence-corrected chi connectivity index (χ0v) is 20.0. The van der Waals surface area contributed by atoms with Gasteiger partial charge in [0.05, 0.1) is 43.4 Å². The summed E-state index contributed by atoms with van der Waals surface area (Å²) in [6.07, 6.45) is 0. The second-order valence-electron chi connectivity index (χ2n) is 8.37. The molecule has 0 aromatic heterocycles. The van der Waals surface area contributed by atoms with E-state index >= 15 is 0 Å². The number of nitro groups is 1. The van der Waals surface area contributed by atoms with E-state index in [1.165, 1.54) is 32.3 Å². The lowest BCUT2D eigenvalue weighted by Gasteiger charge is -2.50. The van der Waals surface area contributed by atoms with Gasteiger partial charge in [-0.1, -0.05) is 0 Å². The number of β-lactam (4-membered cyclic amide) rings is 1. The van der Waals surface area contributed by atoms with Crippen molar-refractivity contribution in [2.75, 3.05) is 26.2 Å². The van der Waals surface area contributed by atoms with Crippen LogP contribution >= 0.6 is 0 Å². The van der Waals surface area contributed by atoms with Gasteiger partial charge in [0.2, 0.25) is 0 Å². The standard InChI is InChI=1S/C26H21N3O8/c1-35-16-7-4-14(5-8-16)27-22(20-13-17(36-2)9-11-21(20)37-3)23(26(27)32)28-24(30)18-10-6-15(29(33)34)12-19(18)25(28)31/h4-13,22-23H,1-3H3. The highest BCUT2D eigenvalue weighted by Gasteiger charge is 2.58. The smallest absolute Gasteiger partial charge is 0.270 e. The Morgan fingerprint density at radius 1 is 0.730 bits per heavy atom. The molecule has 3 aromatic carbocycles. The molecule has 2 aliphatic rings. The average Bonchev–Trinajstić information content (AvgIpc) is 3.16. The number of methoxy groups -OCH3 is 3. The topological polar surface area (TPSA) is 129 Å². The molecule has 0 radical (unpaired) electrons. The van der Waals surface area contributed by atoms with Crippen LogP contribution in [0.4, 0.5) is 11.4 Å². The van der Waals surface area contributed by atoms with Gasteiger partial charge in [-0.05, 0) is 48.5 Å². The summed E-state index contributed by atoms with van der Waals surface area (Å²) in [5.74, 6) is -0.469. The summed E-state index contributed by atoms with van der Waals surface area (Å²) in [6.45, 7) is 0. The van der Waals surface area contributed by atoms with Gasteiger partial charge in [-0.2, -0.15) is 0 Å². The second kappa shape index (κ2) is 8.94. The minimum atomic E-state index is -1.21. The van der Waals surface area contributed by atoms with Crippen molar-refractivity contribution in [3.05, 3.63) is 87.5 Å². The number of ether oxygens (including phenoxy) is 3. The Kier molecular flexibility index (Phi) is 5.75. The van der Waals surface area contributed by atoms with Crippen molar-refractivity contribution < 1.29 is 33.5 Å². The molecule has 2 atom stereocenters. The molecule has 3 aromatic rings. The number of amides is 3. The van der Waals surface area contributed by atoms with E-state index in [1.54, 1.807) is 42.5 Å². The number of nitro benzene ring substituents is 1. The summed E-state index contributed by atoms with van der Waals surface area (Å²) in [6, 6.07) is 13.2. The van der Waals surface area contributed by atoms with Gasteiger partial charge in [0.15, 0.2) is 0 Å². The number of hydrogen-bond acceptors (Lipinski definition) is 8. The van der Waals surface area contributed by atoms with Crippen LogP contribution in [0.3, 0.4) is 0 Å². The number of nitrogens with zero attached hydrogens (tertiary/aromatic N) is 3. The normalized spacial score (nSPS) is 18.4. The fourth-order valence-corrected chi connectivity index (χ4v) is 4.75. The van der Waals surface area contributed by atoms with Crippen LogP contribution in [0.15, 0.2) is 60.7 Å². The molecule has 0 bridgehead atoms. The first-order chi connectivity index (χ1) is 17.8. The Balaban J connectivity index is 1.62. The summed E-state index contributed by atoms with van der Waals surface area (Å²) in [5.41, 5.74) is 0.593. The summed E-state index contributed by atoms with van der Waals surface area (Å²) in [5, 5.41) is 11.2. The molecule has 37 heavy (non-hydrogen) atoms. The maximum atomic E-state index is 13.6. The average molecular weight is 503 g/mol. The molecule has 188 valence electrons. The van der Waals surface area contributed by atoms with Crippen LogP contribution in [-0.2, 0) is 4.79 Å². The van der Waals surface area contributed by atoms with Crippen molar-refractivity contribution in [3.63, 3.8) is 0 Å². The van der Waals surface area contributed by atoms with Gasteiger partial charge in [0.1, 0.15) is 23.3 Å². The van der Waals surface area contributed by atoms with Crippen LogP contribution in [0, 0.1) is 10.1 Å². The number of anilines is 1. The van der Waals surface area contributed by atoms with Crippen molar-refractivity contribution in [3.8, 4) is 17.2 Å². The third-order valence-corrected chi connectivity index (χ3v) is 6.56. The third kappa shape index (κ3) is 3.63. The van der Waals surface area contributed by atoms with Gasteiger partial charge < -0.3 is 19.1 Å². The Hall–Kier alpha value is -4.93. The van der Waals surface area contributed by atoms with E-state index < -0.39 is 34.7 Å². The molecule has 0 saturated carbocycles. The Morgan fingerprint density at radius 3 is 2.00 bits per heavy atom. The van der Waals surface area contributed by atoms with Gasteiger partial charge >= 0.3 is 0 Å². The molecule has 2 unspecified atom stereocenters. The molecule has 1 saturated heterocycles. The summed E-state index contributed by atoms with van der Waals surface area (Å²) < 4.78 is 16.1. The number of non-ortho nitro benzene ring substituents is 1. The van der Waals surface area contributed by atoms with Gasteiger partial charge in [-0.25, -0.2) is 0 Å². The van der Waals surface area contributed by atoms with Crippen LogP contribution in [-0.4, -0.2) is 54.9 Å². The van der Waals surface area contributed by atoms with Crippen molar-refractivity contribution in [1.82, 2.24) is 4.90 Å². The second-order valence-corrected chi connectivity index (χ2v) is 8.37. The molecule has 0 N–H and O–H groups in total. The maximum absolute atomic E-state index is 13.6. The van der Waals surface area contributed by atoms with E-state index in [2.05, 4.69) is 0 Å². The van der Waals surface area contributed by atoms with Gasteiger partial charge in [0, 0.05) is 23.4 Å². The van der Waals surface area contributed by atoms with E-state index in [0.717, 1.165) is 17.0 Å². The highest BCUT2D eigenvalue weighted by Crippen LogP contribution is 2.47. The van der Waals surface area contributed by atoms with Gasteiger partial charge in [-0.15, -0.1) is 0 Å². The Morgan fingerprint density at radius 2 is 1.38 bits per heavy atom. The first-order valence-corrected chi connectivity index (χ1v) is 11.2. The van der Waals surface area contributed by atoms with Crippen molar-refractivity contribution in [2.24, 2.45) is 0 Å². The SMILES string of the molecule is COc1ccc(N2C(=O)C(N3C(=O)c4ccc([N+](=O)[O-])cc4C3=O)C2c2cc(OC)ccc2OC)cc1. The maximum Gasteiger partial charge on any atom is 0.270 e. The minimum Gasteiger partial charge on any atom is -0.497 e. The van der Waals surface area contributed by atoms with Crippen LogP contribution in [0.2, 0.25) is 0 Å². The number of carbonyl (C=O) groups is 3. The molecule has 3 amide bonds. The highest BCUT2D eigenvalue weighted by atomic mass is 16.6. The Bertz CT molecular complexity index is 1450. The van der Waals surface area contributed by atoms with E-state index in [0.29, 0.717) is 28.5 Å². The molecule has 11 heteroatoms. The van der Waals surface area contributed by atoms with E-state index in [4.69, 9.17) is 14.2 Å².